The molecule has 4 nitrogen and oxygen atoms in total. The van der Waals surface area contributed by atoms with Gasteiger partial charge in [0.1, 0.15) is 18.3 Å². The Kier molecular flexibility index (Phi) is 6.83. The summed E-state index contributed by atoms with van der Waals surface area (Å²) < 4.78 is 0. The van der Waals surface area contributed by atoms with Crippen LogP contribution in [0.15, 0.2) is 53.9 Å². The predicted octanol–water partition coefficient (Wildman–Crippen LogP) is 4.87. The lowest BCUT2D eigenvalue weighted by atomic mass is 10.1. The molecule has 1 amide bonds. The van der Waals surface area contributed by atoms with E-state index < -0.39 is 0 Å². The summed E-state index contributed by atoms with van der Waals surface area (Å²) in [6.07, 6.45) is 0.862. The van der Waals surface area contributed by atoms with Crippen molar-refractivity contribution in [1.82, 2.24) is 4.98 Å². The predicted molar refractivity (Wildman–Crippen MR) is 116 cm³/mol. The number of hydrogen-bond donors (Lipinski definition) is 1. The fourth-order valence-electron chi connectivity index (χ4n) is 3.20. The number of amides is 1. The van der Waals surface area contributed by atoms with Gasteiger partial charge in [-0.05, 0) is 31.0 Å². The highest BCUT2D eigenvalue weighted by molar-refractivity contribution is 7.14. The molecule has 0 saturated heterocycles. The molecule has 0 aliphatic carbocycles. The standard InChI is InChI=1S/C22H24ClN3OS/c1-4-17-9-5-8-12-21(17)26(16(3)27)22-25-18(14-28-22)13-24-15(2)19-10-6-7-11-20(19)23/h5-12,14-15,24H,4,13H2,1-3H3/p+1/t15-/m1/s1. The number of aromatic nitrogens is 1. The Hall–Kier alpha value is -2.21. The average Bonchev–Trinajstić information content (AvgIpc) is 3.15. The van der Waals surface area contributed by atoms with E-state index in [1.807, 2.05) is 41.8 Å². The number of carbonyl (C=O) groups excluding carboxylic acids is 1. The smallest absolute Gasteiger partial charge is 0.230 e. The third-order valence-corrected chi connectivity index (χ3v) is 5.95. The molecule has 1 heterocycles. The van der Waals surface area contributed by atoms with Crippen molar-refractivity contribution in [2.24, 2.45) is 0 Å². The van der Waals surface area contributed by atoms with E-state index in [1.54, 1.807) is 11.8 Å². The molecule has 0 saturated carbocycles. The van der Waals surface area contributed by atoms with E-state index in [1.165, 1.54) is 11.3 Å². The van der Waals surface area contributed by atoms with E-state index >= 15 is 0 Å². The summed E-state index contributed by atoms with van der Waals surface area (Å²) in [5.74, 6) is -0.0322. The fraction of sp³-hybridized carbons (Fsp3) is 0.273. The number of anilines is 2. The second-order valence-electron chi connectivity index (χ2n) is 6.71. The van der Waals surface area contributed by atoms with Gasteiger partial charge in [-0.25, -0.2) is 4.98 Å². The molecule has 6 heteroatoms. The third kappa shape index (κ3) is 4.61. The molecular formula is C22H25ClN3OS+. The van der Waals surface area contributed by atoms with Crippen molar-refractivity contribution in [2.45, 2.75) is 39.8 Å². The number of thiazole rings is 1. The minimum atomic E-state index is -0.0322. The quantitative estimate of drug-likeness (QED) is 0.599. The van der Waals surface area contributed by atoms with Crippen molar-refractivity contribution in [2.75, 3.05) is 4.90 Å². The number of benzene rings is 2. The number of para-hydroxylation sites is 1. The van der Waals surface area contributed by atoms with Gasteiger partial charge in [0, 0.05) is 22.9 Å². The highest BCUT2D eigenvalue weighted by Gasteiger charge is 2.21. The lowest BCUT2D eigenvalue weighted by Crippen LogP contribution is -2.83. The molecule has 2 N–H and O–H groups in total. The largest absolute Gasteiger partial charge is 0.335 e. The van der Waals surface area contributed by atoms with Gasteiger partial charge in [0.25, 0.3) is 0 Å². The second-order valence-corrected chi connectivity index (χ2v) is 7.95. The Balaban J connectivity index is 1.76. The van der Waals surface area contributed by atoms with Gasteiger partial charge in [-0.3, -0.25) is 9.69 Å². The fourth-order valence-corrected chi connectivity index (χ4v) is 4.40. The highest BCUT2D eigenvalue weighted by atomic mass is 35.5. The Bertz CT molecular complexity index is 956. The molecule has 0 aliphatic heterocycles. The van der Waals surface area contributed by atoms with Crippen LogP contribution in [0.3, 0.4) is 0 Å². The topological polar surface area (TPSA) is 49.8 Å². The SMILES string of the molecule is CCc1ccccc1N(C(C)=O)c1nc(C[NH2+][C@H](C)c2ccccc2Cl)cs1. The summed E-state index contributed by atoms with van der Waals surface area (Å²) in [7, 11) is 0. The zero-order valence-corrected chi connectivity index (χ0v) is 17.9. The van der Waals surface area contributed by atoms with Crippen LogP contribution in [0.5, 0.6) is 0 Å². The molecule has 0 radical (unpaired) electrons. The Morgan fingerprint density at radius 2 is 1.93 bits per heavy atom. The van der Waals surface area contributed by atoms with Crippen LogP contribution in [0.1, 0.15) is 43.6 Å². The number of nitrogens with zero attached hydrogens (tertiary/aromatic N) is 2. The second kappa shape index (κ2) is 9.32. The van der Waals surface area contributed by atoms with Crippen molar-refractivity contribution in [3.63, 3.8) is 0 Å². The maximum Gasteiger partial charge on any atom is 0.230 e. The first-order valence-electron chi connectivity index (χ1n) is 9.42. The Labute approximate surface area is 175 Å². The van der Waals surface area contributed by atoms with Gasteiger partial charge in [0.15, 0.2) is 5.13 Å². The van der Waals surface area contributed by atoms with Gasteiger partial charge in [-0.1, -0.05) is 54.9 Å². The van der Waals surface area contributed by atoms with E-state index in [4.69, 9.17) is 16.6 Å². The van der Waals surface area contributed by atoms with Crippen molar-refractivity contribution in [1.29, 1.82) is 0 Å². The van der Waals surface area contributed by atoms with Gasteiger partial charge in [-0.2, -0.15) is 0 Å². The number of nitrogens with two attached hydrogens (primary N) is 1. The number of quaternary nitrogens is 1. The first kappa shape index (κ1) is 20.5. The molecule has 28 heavy (non-hydrogen) atoms. The van der Waals surface area contributed by atoms with Crippen LogP contribution in [-0.2, 0) is 17.8 Å². The van der Waals surface area contributed by atoms with E-state index in [-0.39, 0.29) is 11.9 Å². The number of halogens is 1. The molecular weight excluding hydrogens is 390 g/mol. The van der Waals surface area contributed by atoms with E-state index in [9.17, 15) is 4.79 Å². The molecule has 146 valence electrons. The average molecular weight is 415 g/mol. The molecule has 3 aromatic rings. The summed E-state index contributed by atoms with van der Waals surface area (Å²) in [5, 5.41) is 5.72. The number of carbonyl (C=O) groups is 1. The highest BCUT2D eigenvalue weighted by Crippen LogP contribution is 2.31. The van der Waals surface area contributed by atoms with Crippen LogP contribution in [0, 0.1) is 0 Å². The Morgan fingerprint density at radius 1 is 1.21 bits per heavy atom. The van der Waals surface area contributed by atoms with Crippen molar-refractivity contribution < 1.29 is 10.1 Å². The first-order valence-corrected chi connectivity index (χ1v) is 10.7. The zero-order valence-electron chi connectivity index (χ0n) is 16.4. The Morgan fingerprint density at radius 3 is 2.64 bits per heavy atom. The van der Waals surface area contributed by atoms with Crippen molar-refractivity contribution >= 4 is 39.7 Å². The third-order valence-electron chi connectivity index (χ3n) is 4.74. The summed E-state index contributed by atoms with van der Waals surface area (Å²) in [5.41, 5.74) is 4.11. The van der Waals surface area contributed by atoms with E-state index in [0.717, 1.165) is 40.5 Å². The molecule has 0 fully saturated rings. The molecule has 2 aromatic carbocycles. The molecule has 1 atom stereocenters. The summed E-state index contributed by atoms with van der Waals surface area (Å²) in [6, 6.07) is 16.1. The van der Waals surface area contributed by atoms with Gasteiger partial charge in [0.2, 0.25) is 5.91 Å². The van der Waals surface area contributed by atoms with Crippen LogP contribution < -0.4 is 10.2 Å². The number of hydrogen-bond acceptors (Lipinski definition) is 3. The lowest BCUT2D eigenvalue weighted by molar-refractivity contribution is -0.708. The zero-order chi connectivity index (χ0) is 20.1. The van der Waals surface area contributed by atoms with E-state index in [2.05, 4.69) is 31.3 Å². The molecule has 0 spiro atoms. The lowest BCUT2D eigenvalue weighted by Gasteiger charge is -2.21. The number of aryl methyl sites for hydroxylation is 1. The summed E-state index contributed by atoms with van der Waals surface area (Å²) >= 11 is 7.80. The maximum atomic E-state index is 12.4. The molecule has 0 unspecified atom stereocenters. The monoisotopic (exact) mass is 414 g/mol. The van der Waals surface area contributed by atoms with Gasteiger partial charge < -0.3 is 5.32 Å². The van der Waals surface area contributed by atoms with E-state index in [0.29, 0.717) is 5.13 Å². The minimum Gasteiger partial charge on any atom is -0.335 e. The van der Waals surface area contributed by atoms with Crippen molar-refractivity contribution in [3.05, 3.63) is 75.8 Å². The summed E-state index contributed by atoms with van der Waals surface area (Å²) in [4.78, 5) is 18.8. The summed E-state index contributed by atoms with van der Waals surface area (Å²) in [6.45, 7) is 6.53. The maximum absolute atomic E-state index is 12.4. The van der Waals surface area contributed by atoms with Crippen LogP contribution in [0.2, 0.25) is 5.02 Å². The van der Waals surface area contributed by atoms with Crippen LogP contribution >= 0.6 is 22.9 Å². The molecule has 0 bridgehead atoms. The van der Waals surface area contributed by atoms with Crippen molar-refractivity contribution in [3.8, 4) is 0 Å². The number of rotatable bonds is 7. The first-order chi connectivity index (χ1) is 13.5. The molecule has 3 rings (SSSR count). The van der Waals surface area contributed by atoms with Gasteiger partial charge in [-0.15, -0.1) is 11.3 Å². The van der Waals surface area contributed by atoms with Crippen LogP contribution in [0.4, 0.5) is 10.8 Å². The van der Waals surface area contributed by atoms with Crippen LogP contribution in [-0.4, -0.2) is 10.9 Å². The van der Waals surface area contributed by atoms with Crippen LogP contribution in [0.25, 0.3) is 0 Å². The molecule has 1 aromatic heterocycles. The normalized spacial score (nSPS) is 12.0. The molecule has 0 aliphatic rings. The van der Waals surface area contributed by atoms with Gasteiger partial charge >= 0.3 is 0 Å². The minimum absolute atomic E-state index is 0.0322. The van der Waals surface area contributed by atoms with Gasteiger partial charge in [0.05, 0.1) is 5.69 Å².